The molecule has 0 unspecified atom stereocenters. The number of anilines is 2. The van der Waals surface area contributed by atoms with Crippen LogP contribution in [0.5, 0.6) is 5.75 Å². The van der Waals surface area contributed by atoms with E-state index in [2.05, 4.69) is 11.4 Å². The van der Waals surface area contributed by atoms with Gasteiger partial charge in [0.25, 0.3) is 0 Å². The van der Waals surface area contributed by atoms with E-state index in [1.807, 2.05) is 30.5 Å². The topological polar surface area (TPSA) is 45.0 Å². The Morgan fingerprint density at radius 2 is 2.10 bits per heavy atom. The van der Waals surface area contributed by atoms with Gasteiger partial charge in [0.15, 0.2) is 0 Å². The molecule has 0 saturated carbocycles. The highest BCUT2D eigenvalue weighted by atomic mass is 35.5. The highest BCUT2D eigenvalue weighted by Crippen LogP contribution is 2.32. The number of thioether (sulfide) groups is 1. The maximum absolute atomic E-state index is 9.30. The van der Waals surface area contributed by atoms with Crippen molar-refractivity contribution >= 4 is 34.7 Å². The minimum absolute atomic E-state index is 0.525. The molecule has 2 aromatic rings. The van der Waals surface area contributed by atoms with Crippen molar-refractivity contribution in [3.05, 3.63) is 47.0 Å². The van der Waals surface area contributed by atoms with E-state index in [1.54, 1.807) is 31.0 Å². The van der Waals surface area contributed by atoms with Crippen LogP contribution in [-0.4, -0.2) is 13.4 Å². The van der Waals surface area contributed by atoms with Crippen LogP contribution < -0.4 is 10.1 Å². The van der Waals surface area contributed by atoms with Crippen molar-refractivity contribution < 1.29 is 4.74 Å². The predicted octanol–water partition coefficient (Wildman–Crippen LogP) is 4.69. The molecule has 0 aliphatic rings. The Kier molecular flexibility index (Phi) is 4.78. The molecule has 0 saturated heterocycles. The Morgan fingerprint density at radius 3 is 2.70 bits per heavy atom. The van der Waals surface area contributed by atoms with Gasteiger partial charge in [0, 0.05) is 10.6 Å². The maximum atomic E-state index is 9.30. The fraction of sp³-hybridized carbons (Fsp3) is 0.133. The molecule has 2 rings (SSSR count). The van der Waals surface area contributed by atoms with Gasteiger partial charge in [-0.3, -0.25) is 0 Å². The van der Waals surface area contributed by atoms with Crippen LogP contribution in [0.4, 0.5) is 11.4 Å². The number of nitriles is 1. The van der Waals surface area contributed by atoms with Gasteiger partial charge in [0.2, 0.25) is 0 Å². The summed E-state index contributed by atoms with van der Waals surface area (Å²) in [6.45, 7) is 0. The molecule has 0 fully saturated rings. The number of hydrogen-bond acceptors (Lipinski definition) is 4. The third-order valence-corrected chi connectivity index (χ3v) is 3.86. The fourth-order valence-electron chi connectivity index (χ4n) is 1.82. The second-order valence-electron chi connectivity index (χ2n) is 3.97. The number of ether oxygens (including phenoxy) is 1. The second kappa shape index (κ2) is 6.56. The first-order valence-electron chi connectivity index (χ1n) is 5.87. The summed E-state index contributed by atoms with van der Waals surface area (Å²) in [5.41, 5.74) is 2.21. The first kappa shape index (κ1) is 14.6. The van der Waals surface area contributed by atoms with E-state index in [1.165, 1.54) is 0 Å². The Hall–Kier alpha value is -1.83. The van der Waals surface area contributed by atoms with Gasteiger partial charge in [-0.05, 0) is 36.6 Å². The van der Waals surface area contributed by atoms with Gasteiger partial charge in [-0.2, -0.15) is 5.26 Å². The summed E-state index contributed by atoms with van der Waals surface area (Å²) in [4.78, 5) is 0.942. The van der Waals surface area contributed by atoms with Gasteiger partial charge in [-0.25, -0.2) is 0 Å². The second-order valence-corrected chi connectivity index (χ2v) is 5.22. The lowest BCUT2D eigenvalue weighted by Gasteiger charge is -2.12. The quantitative estimate of drug-likeness (QED) is 0.833. The molecule has 0 bridgehead atoms. The average Bonchev–Trinajstić information content (AvgIpc) is 2.47. The molecule has 5 heteroatoms. The van der Waals surface area contributed by atoms with Crippen molar-refractivity contribution in [3.8, 4) is 11.8 Å². The summed E-state index contributed by atoms with van der Waals surface area (Å²) in [6, 6.07) is 13.4. The third-order valence-electron chi connectivity index (χ3n) is 2.79. The monoisotopic (exact) mass is 304 g/mol. The summed E-state index contributed by atoms with van der Waals surface area (Å²) < 4.78 is 5.12. The molecule has 0 radical (unpaired) electrons. The molecular formula is C15H13ClN2OS. The largest absolute Gasteiger partial charge is 0.495 e. The summed E-state index contributed by atoms with van der Waals surface area (Å²) in [7, 11) is 1.57. The van der Waals surface area contributed by atoms with Crippen LogP contribution in [0, 0.1) is 11.3 Å². The van der Waals surface area contributed by atoms with Crippen molar-refractivity contribution in [2.24, 2.45) is 0 Å². The first-order valence-corrected chi connectivity index (χ1v) is 7.47. The lowest BCUT2D eigenvalue weighted by atomic mass is 10.2. The smallest absolute Gasteiger partial charge is 0.137 e. The van der Waals surface area contributed by atoms with Crippen LogP contribution in [0.15, 0.2) is 41.3 Å². The van der Waals surface area contributed by atoms with E-state index >= 15 is 0 Å². The molecule has 0 amide bonds. The average molecular weight is 305 g/mol. The summed E-state index contributed by atoms with van der Waals surface area (Å²) in [5.74, 6) is 0.621. The summed E-state index contributed by atoms with van der Waals surface area (Å²) >= 11 is 7.64. The van der Waals surface area contributed by atoms with E-state index < -0.39 is 0 Å². The van der Waals surface area contributed by atoms with Crippen molar-refractivity contribution in [2.75, 3.05) is 18.7 Å². The molecule has 0 aliphatic heterocycles. The van der Waals surface area contributed by atoms with Crippen LogP contribution in [0.2, 0.25) is 5.02 Å². The minimum atomic E-state index is 0.525. The highest BCUT2D eigenvalue weighted by Gasteiger charge is 2.08. The van der Waals surface area contributed by atoms with E-state index in [0.717, 1.165) is 16.3 Å². The molecule has 20 heavy (non-hydrogen) atoms. The van der Waals surface area contributed by atoms with E-state index in [0.29, 0.717) is 16.3 Å². The molecule has 102 valence electrons. The molecule has 0 aromatic heterocycles. The van der Waals surface area contributed by atoms with E-state index in [-0.39, 0.29) is 0 Å². The van der Waals surface area contributed by atoms with Crippen LogP contribution in [0.3, 0.4) is 0 Å². The number of hydrogen-bond donors (Lipinski definition) is 1. The van der Waals surface area contributed by atoms with Gasteiger partial charge in [0.05, 0.1) is 23.4 Å². The number of rotatable bonds is 4. The van der Waals surface area contributed by atoms with Gasteiger partial charge >= 0.3 is 0 Å². The molecule has 2 aromatic carbocycles. The molecule has 1 N–H and O–H groups in total. The molecule has 0 spiro atoms. The molecular weight excluding hydrogens is 292 g/mol. The van der Waals surface area contributed by atoms with E-state index in [4.69, 9.17) is 16.3 Å². The fourth-order valence-corrected chi connectivity index (χ4v) is 2.65. The Balaban J connectivity index is 2.35. The molecule has 0 atom stereocenters. The number of nitrogens with zero attached hydrogens (tertiary/aromatic N) is 1. The van der Waals surface area contributed by atoms with Gasteiger partial charge in [0.1, 0.15) is 11.8 Å². The van der Waals surface area contributed by atoms with Gasteiger partial charge in [-0.15, -0.1) is 11.8 Å². The minimum Gasteiger partial charge on any atom is -0.495 e. The normalized spacial score (nSPS) is 9.90. The standard InChI is InChI=1S/C15H13ClN2OS/c1-19-14-7-6-10(8-12(14)16)18-13-4-3-5-15(20-2)11(13)9-17/h3-8,18H,1-2H3. The first-order chi connectivity index (χ1) is 9.69. The summed E-state index contributed by atoms with van der Waals surface area (Å²) in [5, 5.41) is 13.0. The Labute approximate surface area is 127 Å². The van der Waals surface area contributed by atoms with Crippen LogP contribution >= 0.6 is 23.4 Å². The predicted molar refractivity (Wildman–Crippen MR) is 84.2 cm³/mol. The molecule has 3 nitrogen and oxygen atoms in total. The molecule has 0 aliphatic carbocycles. The lowest BCUT2D eigenvalue weighted by Crippen LogP contribution is -1.95. The third kappa shape index (κ3) is 3.01. The van der Waals surface area contributed by atoms with Crippen molar-refractivity contribution in [1.29, 1.82) is 5.26 Å². The van der Waals surface area contributed by atoms with E-state index in [9.17, 15) is 5.26 Å². The van der Waals surface area contributed by atoms with Crippen LogP contribution in [0.1, 0.15) is 5.56 Å². The van der Waals surface area contributed by atoms with Crippen LogP contribution in [-0.2, 0) is 0 Å². The molecule has 0 heterocycles. The van der Waals surface area contributed by atoms with Crippen molar-refractivity contribution in [2.45, 2.75) is 4.90 Å². The Morgan fingerprint density at radius 1 is 1.30 bits per heavy atom. The maximum Gasteiger partial charge on any atom is 0.137 e. The van der Waals surface area contributed by atoms with Crippen LogP contribution in [0.25, 0.3) is 0 Å². The van der Waals surface area contributed by atoms with Gasteiger partial charge in [-0.1, -0.05) is 17.7 Å². The highest BCUT2D eigenvalue weighted by molar-refractivity contribution is 7.98. The number of halogens is 1. The SMILES string of the molecule is COc1ccc(Nc2cccc(SC)c2C#N)cc1Cl. The van der Waals surface area contributed by atoms with Crippen molar-refractivity contribution in [3.63, 3.8) is 0 Å². The lowest BCUT2D eigenvalue weighted by molar-refractivity contribution is 0.415. The zero-order valence-electron chi connectivity index (χ0n) is 11.1. The zero-order valence-corrected chi connectivity index (χ0v) is 12.7. The number of nitrogens with one attached hydrogen (secondary N) is 1. The number of benzene rings is 2. The number of methoxy groups -OCH3 is 1. The van der Waals surface area contributed by atoms with Crippen molar-refractivity contribution in [1.82, 2.24) is 0 Å². The van der Waals surface area contributed by atoms with Gasteiger partial charge < -0.3 is 10.1 Å². The Bertz CT molecular complexity index is 667. The zero-order chi connectivity index (χ0) is 14.5. The summed E-state index contributed by atoms with van der Waals surface area (Å²) in [6.07, 6.45) is 1.95.